The van der Waals surface area contributed by atoms with Crippen LogP contribution >= 0.6 is 23.2 Å². The van der Waals surface area contributed by atoms with Crippen LogP contribution in [0.2, 0.25) is 10.0 Å². The molecule has 1 N–H and O–H groups in total. The van der Waals surface area contributed by atoms with E-state index in [1.165, 1.54) is 11.6 Å². The van der Waals surface area contributed by atoms with Crippen LogP contribution in [0.5, 0.6) is 5.75 Å². The second kappa shape index (κ2) is 6.06. The molecule has 2 aromatic carbocycles. The highest BCUT2D eigenvalue weighted by Gasteiger charge is 2.20. The fourth-order valence-electron chi connectivity index (χ4n) is 2.90. The minimum Gasteiger partial charge on any atom is -0.495 e. The number of methoxy groups -OCH3 is 1. The minimum absolute atomic E-state index is 0.208. The number of nitrogens with one attached hydrogen (secondary N) is 1. The highest BCUT2D eigenvalue weighted by Crippen LogP contribution is 2.33. The average Bonchev–Trinajstić information content (AvgIpc) is 3.00. The van der Waals surface area contributed by atoms with Crippen LogP contribution in [0.4, 0.5) is 0 Å². The van der Waals surface area contributed by atoms with Crippen LogP contribution in [-0.2, 0) is 0 Å². The Morgan fingerprint density at radius 1 is 1.27 bits per heavy atom. The lowest BCUT2D eigenvalue weighted by molar-refractivity contribution is 0.419. The molecule has 0 bridgehead atoms. The number of hydrogen-bond acceptors (Lipinski definition) is 4. The van der Waals surface area contributed by atoms with Gasteiger partial charge in [-0.15, -0.1) is 0 Å². The normalized spacial score (nSPS) is 11.0. The van der Waals surface area contributed by atoms with Crippen molar-refractivity contribution in [1.82, 2.24) is 14.6 Å². The Balaban J connectivity index is 2.15. The van der Waals surface area contributed by atoms with Crippen LogP contribution in [0.3, 0.4) is 0 Å². The summed E-state index contributed by atoms with van der Waals surface area (Å²) < 4.78 is 6.48. The third-order valence-corrected chi connectivity index (χ3v) is 4.64. The second-order valence-corrected chi connectivity index (χ2v) is 6.38. The topological polar surface area (TPSA) is 83.2 Å². The van der Waals surface area contributed by atoms with Gasteiger partial charge in [-0.25, -0.2) is 0 Å². The molecule has 0 unspecified atom stereocenters. The number of aromatic amines is 1. The van der Waals surface area contributed by atoms with E-state index in [0.717, 1.165) is 0 Å². The largest absolute Gasteiger partial charge is 0.495 e. The van der Waals surface area contributed by atoms with Crippen LogP contribution in [0.15, 0.2) is 41.2 Å². The van der Waals surface area contributed by atoms with Crippen LogP contribution in [0.25, 0.3) is 27.8 Å². The van der Waals surface area contributed by atoms with E-state index in [2.05, 4.69) is 16.2 Å². The molecular formula is C18H10Cl2N4O2. The number of aromatic nitrogens is 3. The molecule has 0 atom stereocenters. The SMILES string of the molecule is COc1cccc2c(=O)n3nc(-c4ccc(Cl)cc4Cl)c(C#N)c3[nH]c12. The van der Waals surface area contributed by atoms with E-state index in [9.17, 15) is 10.1 Å². The first-order valence-corrected chi connectivity index (χ1v) is 8.28. The molecule has 0 saturated heterocycles. The summed E-state index contributed by atoms with van der Waals surface area (Å²) in [7, 11) is 1.51. The van der Waals surface area contributed by atoms with Crippen molar-refractivity contribution in [2.24, 2.45) is 0 Å². The lowest BCUT2D eigenvalue weighted by atomic mass is 10.1. The fraction of sp³-hybridized carbons (Fsp3) is 0.0556. The predicted octanol–water partition coefficient (Wildman–Crippen LogP) is 4.03. The van der Waals surface area contributed by atoms with Crippen molar-refractivity contribution in [2.45, 2.75) is 0 Å². The number of rotatable bonds is 2. The zero-order valence-electron chi connectivity index (χ0n) is 13.4. The van der Waals surface area contributed by atoms with E-state index in [1.54, 1.807) is 36.4 Å². The maximum atomic E-state index is 12.9. The van der Waals surface area contributed by atoms with Gasteiger partial charge in [-0.1, -0.05) is 29.3 Å². The Labute approximate surface area is 157 Å². The number of para-hydroxylation sites is 1. The van der Waals surface area contributed by atoms with Gasteiger partial charge >= 0.3 is 0 Å². The molecular weight excluding hydrogens is 375 g/mol. The van der Waals surface area contributed by atoms with Crippen LogP contribution in [0, 0.1) is 11.3 Å². The highest BCUT2D eigenvalue weighted by atomic mass is 35.5. The first-order chi connectivity index (χ1) is 12.5. The monoisotopic (exact) mass is 384 g/mol. The number of fused-ring (bicyclic) bond motifs is 2. The molecule has 2 aromatic heterocycles. The van der Waals surface area contributed by atoms with Gasteiger partial charge in [0.2, 0.25) is 0 Å². The van der Waals surface area contributed by atoms with E-state index in [0.29, 0.717) is 38.0 Å². The van der Waals surface area contributed by atoms with Crippen molar-refractivity contribution >= 4 is 39.8 Å². The third kappa shape index (κ3) is 2.33. The number of halogens is 2. The molecule has 8 heteroatoms. The number of benzene rings is 2. The molecule has 0 aliphatic carbocycles. The molecule has 0 fully saturated rings. The van der Waals surface area contributed by atoms with Crippen LogP contribution in [0.1, 0.15) is 5.56 Å². The second-order valence-electron chi connectivity index (χ2n) is 5.53. The van der Waals surface area contributed by atoms with E-state index in [1.807, 2.05) is 0 Å². The van der Waals surface area contributed by atoms with Gasteiger partial charge < -0.3 is 9.72 Å². The van der Waals surface area contributed by atoms with Crippen molar-refractivity contribution in [3.8, 4) is 23.1 Å². The lowest BCUT2D eigenvalue weighted by Crippen LogP contribution is -2.15. The Hall–Kier alpha value is -3.01. The number of H-pyrrole nitrogens is 1. The summed E-state index contributed by atoms with van der Waals surface area (Å²) in [5, 5.41) is 15.2. The van der Waals surface area contributed by atoms with Crippen LogP contribution in [-0.4, -0.2) is 21.7 Å². The van der Waals surface area contributed by atoms with Gasteiger partial charge in [-0.2, -0.15) is 14.9 Å². The van der Waals surface area contributed by atoms with Crippen molar-refractivity contribution in [3.63, 3.8) is 0 Å². The molecule has 26 heavy (non-hydrogen) atoms. The van der Waals surface area contributed by atoms with E-state index >= 15 is 0 Å². The predicted molar refractivity (Wildman–Crippen MR) is 100 cm³/mol. The molecule has 128 valence electrons. The summed E-state index contributed by atoms with van der Waals surface area (Å²) in [4.78, 5) is 16.0. The molecule has 0 aliphatic heterocycles. The zero-order valence-corrected chi connectivity index (χ0v) is 14.9. The van der Waals surface area contributed by atoms with Crippen LogP contribution < -0.4 is 10.3 Å². The van der Waals surface area contributed by atoms with Crippen molar-refractivity contribution < 1.29 is 4.74 Å². The molecule has 0 radical (unpaired) electrons. The Bertz CT molecular complexity index is 1280. The van der Waals surface area contributed by atoms with Gasteiger partial charge in [0, 0.05) is 10.6 Å². The van der Waals surface area contributed by atoms with E-state index < -0.39 is 0 Å². The van der Waals surface area contributed by atoms with Gasteiger partial charge in [0.15, 0.2) is 5.65 Å². The van der Waals surface area contributed by atoms with Gasteiger partial charge in [-0.05, 0) is 30.3 Å². The number of nitriles is 1. The smallest absolute Gasteiger partial charge is 0.282 e. The molecule has 0 spiro atoms. The standard InChI is InChI=1S/C18H10Cl2N4O2/c1-26-14-4-2-3-11-16(14)22-17-12(8-21)15(23-24(17)18(11)25)10-6-5-9(19)7-13(10)20/h2-7,22H,1H3. The zero-order chi connectivity index (χ0) is 18.4. The first-order valence-electron chi connectivity index (χ1n) is 7.52. The number of nitrogens with zero attached hydrogens (tertiary/aromatic N) is 3. The number of ether oxygens (including phenoxy) is 1. The van der Waals surface area contributed by atoms with Crippen molar-refractivity contribution in [3.05, 3.63) is 62.4 Å². The number of hydrogen-bond donors (Lipinski definition) is 1. The Morgan fingerprint density at radius 3 is 2.77 bits per heavy atom. The fourth-order valence-corrected chi connectivity index (χ4v) is 3.40. The summed E-state index contributed by atoms with van der Waals surface area (Å²) in [5.41, 5.74) is 1.43. The third-order valence-electron chi connectivity index (χ3n) is 4.10. The molecule has 0 amide bonds. The molecule has 6 nitrogen and oxygen atoms in total. The quantitative estimate of drug-likeness (QED) is 0.565. The average molecular weight is 385 g/mol. The molecule has 4 aromatic rings. The molecule has 2 heterocycles. The minimum atomic E-state index is -0.361. The molecule has 0 saturated carbocycles. The summed E-state index contributed by atoms with van der Waals surface area (Å²) in [6, 6.07) is 12.1. The Morgan fingerprint density at radius 2 is 2.08 bits per heavy atom. The molecule has 0 aliphatic rings. The summed E-state index contributed by atoms with van der Waals surface area (Å²) in [6.07, 6.45) is 0. The maximum Gasteiger partial charge on any atom is 0.282 e. The maximum absolute atomic E-state index is 12.9. The van der Waals surface area contributed by atoms with Crippen molar-refractivity contribution in [2.75, 3.05) is 7.11 Å². The van der Waals surface area contributed by atoms with Crippen molar-refractivity contribution in [1.29, 1.82) is 5.26 Å². The van der Waals surface area contributed by atoms with Gasteiger partial charge in [0.25, 0.3) is 5.56 Å². The van der Waals surface area contributed by atoms with Gasteiger partial charge in [0.05, 0.1) is 23.0 Å². The van der Waals surface area contributed by atoms with Gasteiger partial charge in [-0.3, -0.25) is 4.79 Å². The summed E-state index contributed by atoms with van der Waals surface area (Å²) in [5.74, 6) is 0.498. The van der Waals surface area contributed by atoms with Gasteiger partial charge in [0.1, 0.15) is 23.1 Å². The summed E-state index contributed by atoms with van der Waals surface area (Å²) >= 11 is 12.2. The van der Waals surface area contributed by atoms with E-state index in [-0.39, 0.29) is 16.8 Å². The van der Waals surface area contributed by atoms with E-state index in [4.69, 9.17) is 27.9 Å². The Kier molecular flexibility index (Phi) is 3.83. The highest BCUT2D eigenvalue weighted by molar-refractivity contribution is 6.36. The summed E-state index contributed by atoms with van der Waals surface area (Å²) in [6.45, 7) is 0. The molecule has 4 rings (SSSR count). The lowest BCUT2D eigenvalue weighted by Gasteiger charge is -2.05. The first kappa shape index (κ1) is 16.5.